The lowest BCUT2D eigenvalue weighted by atomic mass is 10.2. The molecule has 0 heterocycles. The van der Waals surface area contributed by atoms with E-state index in [9.17, 15) is 14.4 Å². The van der Waals surface area contributed by atoms with Crippen LogP contribution in [-0.4, -0.2) is 56.0 Å². The third-order valence-electron chi connectivity index (χ3n) is 3.69. The highest BCUT2D eigenvalue weighted by Gasteiger charge is 2.21. The van der Waals surface area contributed by atoms with Crippen LogP contribution < -0.4 is 20.7 Å². The number of rotatable bonds is 8. The van der Waals surface area contributed by atoms with Gasteiger partial charge in [0, 0.05) is 18.3 Å². The maximum absolute atomic E-state index is 12.1. The third kappa shape index (κ3) is 7.52. The molecule has 8 heteroatoms. The summed E-state index contributed by atoms with van der Waals surface area (Å²) in [5.41, 5.74) is 0.605. The van der Waals surface area contributed by atoms with Gasteiger partial charge in [-0.15, -0.1) is 0 Å². The Bertz CT molecular complexity index is 633. The number of benzene rings is 1. The zero-order valence-electron chi connectivity index (χ0n) is 16.0. The summed E-state index contributed by atoms with van der Waals surface area (Å²) in [6, 6.07) is 5.81. The predicted molar refractivity (Wildman–Crippen MR) is 100 cm³/mol. The molecule has 1 rings (SSSR count). The van der Waals surface area contributed by atoms with Crippen LogP contribution in [0.2, 0.25) is 0 Å². The molecule has 3 N–H and O–H groups in total. The lowest BCUT2D eigenvalue weighted by Crippen LogP contribution is -2.50. The van der Waals surface area contributed by atoms with Gasteiger partial charge in [-0.1, -0.05) is 19.9 Å². The molecule has 0 unspecified atom stereocenters. The molecule has 0 saturated carbocycles. The Morgan fingerprint density at radius 2 is 1.88 bits per heavy atom. The molecule has 0 aliphatic rings. The van der Waals surface area contributed by atoms with Gasteiger partial charge in [0.15, 0.2) is 0 Å². The Labute approximate surface area is 154 Å². The quantitative estimate of drug-likeness (QED) is 0.648. The van der Waals surface area contributed by atoms with E-state index in [1.54, 1.807) is 50.2 Å². The fourth-order valence-electron chi connectivity index (χ4n) is 2.02. The number of imide groups is 1. The molecule has 0 radical (unpaired) electrons. The van der Waals surface area contributed by atoms with E-state index >= 15 is 0 Å². The van der Waals surface area contributed by atoms with Gasteiger partial charge in [-0.3, -0.25) is 19.8 Å². The van der Waals surface area contributed by atoms with Crippen molar-refractivity contribution in [3.05, 3.63) is 24.3 Å². The minimum Gasteiger partial charge on any atom is -0.497 e. The summed E-state index contributed by atoms with van der Waals surface area (Å²) in [5, 5.41) is 7.63. The Morgan fingerprint density at radius 3 is 2.50 bits per heavy atom. The smallest absolute Gasteiger partial charge is 0.321 e. The molecule has 0 aromatic heterocycles. The molecule has 26 heavy (non-hydrogen) atoms. The first-order valence-electron chi connectivity index (χ1n) is 8.45. The van der Waals surface area contributed by atoms with Crippen LogP contribution in [0.3, 0.4) is 0 Å². The molecule has 1 aromatic carbocycles. The molecule has 0 fully saturated rings. The molecule has 8 nitrogen and oxygen atoms in total. The number of carbonyl (C=O) groups is 3. The van der Waals surface area contributed by atoms with E-state index in [1.165, 1.54) is 0 Å². The van der Waals surface area contributed by atoms with E-state index in [-0.39, 0.29) is 18.4 Å². The normalized spacial score (nSPS) is 11.8. The third-order valence-corrected chi connectivity index (χ3v) is 3.69. The van der Waals surface area contributed by atoms with Gasteiger partial charge >= 0.3 is 6.03 Å². The van der Waals surface area contributed by atoms with Crippen LogP contribution >= 0.6 is 0 Å². The molecular formula is C18H28N4O4. The Kier molecular flexibility index (Phi) is 8.57. The second-order valence-electron chi connectivity index (χ2n) is 6.46. The maximum atomic E-state index is 12.1. The minimum absolute atomic E-state index is 0.000586. The highest BCUT2D eigenvalue weighted by atomic mass is 16.5. The van der Waals surface area contributed by atoms with Crippen LogP contribution in [0.1, 0.15) is 20.8 Å². The van der Waals surface area contributed by atoms with Gasteiger partial charge in [0.2, 0.25) is 11.8 Å². The fraction of sp³-hybridized carbons (Fsp3) is 0.500. The standard InChI is InChI=1S/C18H28N4O4/c1-12(2)10-19-18(25)21-17(24)13(3)22(4)11-16(23)20-14-7-6-8-15(9-14)26-5/h6-9,12-13H,10-11H2,1-5H3,(H,20,23)(H2,19,21,24,25)/t13-/m0/s1. The molecule has 0 saturated heterocycles. The summed E-state index contributed by atoms with van der Waals surface area (Å²) < 4.78 is 5.11. The van der Waals surface area contributed by atoms with Crippen LogP contribution in [0.5, 0.6) is 5.75 Å². The number of hydrogen-bond donors (Lipinski definition) is 3. The molecular weight excluding hydrogens is 336 g/mol. The molecule has 0 bridgehead atoms. The van der Waals surface area contributed by atoms with Crippen LogP contribution in [0, 0.1) is 5.92 Å². The van der Waals surface area contributed by atoms with Crippen LogP contribution in [0.15, 0.2) is 24.3 Å². The summed E-state index contributed by atoms with van der Waals surface area (Å²) >= 11 is 0. The van der Waals surface area contributed by atoms with E-state index in [1.807, 2.05) is 13.8 Å². The minimum atomic E-state index is -0.643. The van der Waals surface area contributed by atoms with E-state index in [0.29, 0.717) is 18.0 Å². The number of urea groups is 1. The number of nitrogens with zero attached hydrogens (tertiary/aromatic N) is 1. The fourth-order valence-corrected chi connectivity index (χ4v) is 2.02. The number of anilines is 1. The van der Waals surface area contributed by atoms with Crippen molar-refractivity contribution < 1.29 is 19.1 Å². The van der Waals surface area contributed by atoms with Crippen molar-refractivity contribution in [3.8, 4) is 5.75 Å². The second kappa shape index (κ2) is 10.4. The van der Waals surface area contributed by atoms with E-state index in [2.05, 4.69) is 16.0 Å². The van der Waals surface area contributed by atoms with Crippen molar-refractivity contribution in [2.24, 2.45) is 5.92 Å². The Balaban J connectivity index is 2.49. The topological polar surface area (TPSA) is 99.8 Å². The van der Waals surface area contributed by atoms with Crippen molar-refractivity contribution in [1.82, 2.24) is 15.5 Å². The summed E-state index contributed by atoms with van der Waals surface area (Å²) in [6.07, 6.45) is 0. The number of likely N-dealkylation sites (N-methyl/N-ethyl adjacent to an activating group) is 1. The van der Waals surface area contributed by atoms with Gasteiger partial charge in [0.05, 0.1) is 19.7 Å². The summed E-state index contributed by atoms with van der Waals surface area (Å²) in [6.45, 7) is 6.02. The van der Waals surface area contributed by atoms with Gasteiger partial charge in [0.1, 0.15) is 5.75 Å². The van der Waals surface area contributed by atoms with Gasteiger partial charge in [-0.2, -0.15) is 0 Å². The van der Waals surface area contributed by atoms with Crippen molar-refractivity contribution in [1.29, 1.82) is 0 Å². The van der Waals surface area contributed by atoms with Crippen molar-refractivity contribution >= 4 is 23.5 Å². The van der Waals surface area contributed by atoms with Crippen LogP contribution in [0.4, 0.5) is 10.5 Å². The van der Waals surface area contributed by atoms with E-state index in [0.717, 1.165) is 0 Å². The summed E-state index contributed by atoms with van der Waals surface area (Å²) in [7, 11) is 3.19. The number of nitrogens with one attached hydrogen (secondary N) is 3. The van der Waals surface area contributed by atoms with E-state index < -0.39 is 18.0 Å². The zero-order chi connectivity index (χ0) is 19.7. The van der Waals surface area contributed by atoms with E-state index in [4.69, 9.17) is 4.74 Å². The van der Waals surface area contributed by atoms with Crippen LogP contribution in [0.25, 0.3) is 0 Å². The highest BCUT2D eigenvalue weighted by molar-refractivity contribution is 5.97. The van der Waals surface area contributed by atoms with Crippen molar-refractivity contribution in [2.45, 2.75) is 26.8 Å². The lowest BCUT2D eigenvalue weighted by Gasteiger charge is -2.23. The molecule has 0 aliphatic carbocycles. The molecule has 0 spiro atoms. The Hall–Kier alpha value is -2.61. The van der Waals surface area contributed by atoms with Crippen molar-refractivity contribution in [3.63, 3.8) is 0 Å². The molecule has 0 aliphatic heterocycles. The lowest BCUT2D eigenvalue weighted by molar-refractivity contribution is -0.125. The first kappa shape index (κ1) is 21.4. The van der Waals surface area contributed by atoms with Crippen LogP contribution in [-0.2, 0) is 9.59 Å². The predicted octanol–water partition coefficient (Wildman–Crippen LogP) is 1.44. The number of ether oxygens (including phenoxy) is 1. The number of carbonyl (C=O) groups excluding carboxylic acids is 3. The first-order chi connectivity index (χ1) is 12.2. The maximum Gasteiger partial charge on any atom is 0.321 e. The molecule has 144 valence electrons. The number of methoxy groups -OCH3 is 1. The molecule has 1 aromatic rings. The number of amides is 4. The van der Waals surface area contributed by atoms with Crippen molar-refractivity contribution in [2.75, 3.05) is 32.6 Å². The molecule has 1 atom stereocenters. The summed E-state index contributed by atoms with van der Waals surface area (Å²) in [5.74, 6) is 0.181. The van der Waals surface area contributed by atoms with Gasteiger partial charge in [-0.25, -0.2) is 4.79 Å². The average Bonchev–Trinajstić information content (AvgIpc) is 2.59. The largest absolute Gasteiger partial charge is 0.497 e. The summed E-state index contributed by atoms with van der Waals surface area (Å²) in [4.78, 5) is 37.5. The number of hydrogen-bond acceptors (Lipinski definition) is 5. The van der Waals surface area contributed by atoms with Gasteiger partial charge in [-0.05, 0) is 32.0 Å². The zero-order valence-corrected chi connectivity index (χ0v) is 16.0. The molecule has 4 amide bonds. The second-order valence-corrected chi connectivity index (χ2v) is 6.46. The Morgan fingerprint density at radius 1 is 1.19 bits per heavy atom. The highest BCUT2D eigenvalue weighted by Crippen LogP contribution is 2.16. The monoisotopic (exact) mass is 364 g/mol. The first-order valence-corrected chi connectivity index (χ1v) is 8.45. The SMILES string of the molecule is COc1cccc(NC(=O)CN(C)[C@@H](C)C(=O)NC(=O)NCC(C)C)c1. The van der Waals surface area contributed by atoms with Gasteiger partial charge in [0.25, 0.3) is 0 Å². The average molecular weight is 364 g/mol. The van der Waals surface area contributed by atoms with Gasteiger partial charge < -0.3 is 15.4 Å².